The lowest BCUT2D eigenvalue weighted by molar-refractivity contribution is 0.0742. The summed E-state index contributed by atoms with van der Waals surface area (Å²) in [4.78, 5) is 14.3. The zero-order valence-corrected chi connectivity index (χ0v) is 11.0. The van der Waals surface area contributed by atoms with Crippen LogP contribution in [0.3, 0.4) is 0 Å². The van der Waals surface area contributed by atoms with Crippen molar-refractivity contribution in [3.8, 4) is 0 Å². The number of hydrogen-bond donors (Lipinski definition) is 0. The van der Waals surface area contributed by atoms with Gasteiger partial charge in [-0.25, -0.2) is 0 Å². The van der Waals surface area contributed by atoms with Crippen LogP contribution in [0.2, 0.25) is 0 Å². The molecule has 0 fully saturated rings. The van der Waals surface area contributed by atoms with Gasteiger partial charge < -0.3 is 4.90 Å². The van der Waals surface area contributed by atoms with Crippen LogP contribution in [-0.2, 0) is 19.9 Å². The molecule has 1 amide bonds. The Morgan fingerprint density at radius 1 is 1.32 bits per heavy atom. The van der Waals surface area contributed by atoms with Gasteiger partial charge in [-0.05, 0) is 30.0 Å². The SMILES string of the molecule is Cn1cc(CCN2CCc3ccccc3C2=O)cn1. The Bertz CT molecular complexity index is 603. The Balaban J connectivity index is 1.69. The molecular formula is C15H17N3O. The molecule has 1 aliphatic rings. The summed E-state index contributed by atoms with van der Waals surface area (Å²) in [5.41, 5.74) is 3.21. The first kappa shape index (κ1) is 12.0. The van der Waals surface area contributed by atoms with Crippen LogP contribution in [0.25, 0.3) is 0 Å². The topological polar surface area (TPSA) is 38.1 Å². The molecule has 0 unspecified atom stereocenters. The van der Waals surface area contributed by atoms with E-state index in [1.807, 2.05) is 48.6 Å². The van der Waals surface area contributed by atoms with E-state index < -0.39 is 0 Å². The zero-order valence-electron chi connectivity index (χ0n) is 11.0. The van der Waals surface area contributed by atoms with Crippen molar-refractivity contribution in [2.45, 2.75) is 12.8 Å². The summed E-state index contributed by atoms with van der Waals surface area (Å²) in [6.07, 6.45) is 5.68. The number of aromatic nitrogens is 2. The van der Waals surface area contributed by atoms with Crippen molar-refractivity contribution in [1.29, 1.82) is 0 Å². The average Bonchev–Trinajstić information content (AvgIpc) is 2.84. The van der Waals surface area contributed by atoms with Crippen molar-refractivity contribution in [3.63, 3.8) is 0 Å². The van der Waals surface area contributed by atoms with Gasteiger partial charge in [-0.1, -0.05) is 18.2 Å². The second-order valence-corrected chi connectivity index (χ2v) is 4.97. The maximum Gasteiger partial charge on any atom is 0.254 e. The van der Waals surface area contributed by atoms with Crippen molar-refractivity contribution in [3.05, 3.63) is 53.3 Å². The molecule has 0 radical (unpaired) electrons. The van der Waals surface area contributed by atoms with Crippen LogP contribution in [0.15, 0.2) is 36.7 Å². The largest absolute Gasteiger partial charge is 0.338 e. The third-order valence-electron chi connectivity index (χ3n) is 3.61. The van der Waals surface area contributed by atoms with Gasteiger partial charge in [0.25, 0.3) is 5.91 Å². The summed E-state index contributed by atoms with van der Waals surface area (Å²) in [5, 5.41) is 4.15. The van der Waals surface area contributed by atoms with Gasteiger partial charge in [-0.15, -0.1) is 0 Å². The normalized spacial score (nSPS) is 14.6. The van der Waals surface area contributed by atoms with Crippen LogP contribution in [0.4, 0.5) is 0 Å². The minimum absolute atomic E-state index is 0.158. The van der Waals surface area contributed by atoms with Crippen molar-refractivity contribution < 1.29 is 4.79 Å². The van der Waals surface area contributed by atoms with E-state index in [0.29, 0.717) is 0 Å². The number of fused-ring (bicyclic) bond motifs is 1. The highest BCUT2D eigenvalue weighted by Crippen LogP contribution is 2.18. The highest BCUT2D eigenvalue weighted by molar-refractivity contribution is 5.96. The average molecular weight is 255 g/mol. The first-order chi connectivity index (χ1) is 9.24. The van der Waals surface area contributed by atoms with Gasteiger partial charge in [0.2, 0.25) is 0 Å². The number of carbonyl (C=O) groups excluding carboxylic acids is 1. The number of hydrogen-bond acceptors (Lipinski definition) is 2. The van der Waals surface area contributed by atoms with Crippen LogP contribution in [0.5, 0.6) is 0 Å². The second kappa shape index (κ2) is 4.88. The van der Waals surface area contributed by atoms with Gasteiger partial charge in [-0.3, -0.25) is 9.48 Å². The monoisotopic (exact) mass is 255 g/mol. The van der Waals surface area contributed by atoms with Crippen molar-refractivity contribution in [2.75, 3.05) is 13.1 Å². The van der Waals surface area contributed by atoms with Crippen LogP contribution in [-0.4, -0.2) is 33.7 Å². The molecule has 0 spiro atoms. The highest BCUT2D eigenvalue weighted by Gasteiger charge is 2.23. The summed E-state index contributed by atoms with van der Waals surface area (Å²) in [5.74, 6) is 0.158. The lowest BCUT2D eigenvalue weighted by atomic mass is 9.99. The van der Waals surface area contributed by atoms with Crippen molar-refractivity contribution in [2.24, 2.45) is 7.05 Å². The zero-order chi connectivity index (χ0) is 13.2. The summed E-state index contributed by atoms with van der Waals surface area (Å²) in [6, 6.07) is 7.90. The Labute approximate surface area is 112 Å². The minimum Gasteiger partial charge on any atom is -0.338 e. The number of carbonyl (C=O) groups is 1. The third kappa shape index (κ3) is 2.38. The summed E-state index contributed by atoms with van der Waals surface area (Å²) >= 11 is 0. The minimum atomic E-state index is 0.158. The van der Waals surface area contributed by atoms with E-state index in [0.717, 1.165) is 31.5 Å². The van der Waals surface area contributed by atoms with E-state index >= 15 is 0 Å². The fourth-order valence-electron chi connectivity index (χ4n) is 2.55. The molecule has 4 nitrogen and oxygen atoms in total. The van der Waals surface area contributed by atoms with E-state index in [2.05, 4.69) is 5.10 Å². The van der Waals surface area contributed by atoms with Gasteiger partial charge in [0.1, 0.15) is 0 Å². The fourth-order valence-corrected chi connectivity index (χ4v) is 2.55. The maximum atomic E-state index is 12.3. The van der Waals surface area contributed by atoms with Crippen LogP contribution < -0.4 is 0 Å². The molecule has 2 aromatic rings. The van der Waals surface area contributed by atoms with Crippen molar-refractivity contribution >= 4 is 5.91 Å². The molecule has 0 bridgehead atoms. The molecule has 19 heavy (non-hydrogen) atoms. The molecule has 3 rings (SSSR count). The molecule has 0 saturated heterocycles. The maximum absolute atomic E-state index is 12.3. The first-order valence-corrected chi connectivity index (χ1v) is 6.59. The molecule has 0 N–H and O–H groups in total. The van der Waals surface area contributed by atoms with Gasteiger partial charge >= 0.3 is 0 Å². The Kier molecular flexibility index (Phi) is 3.07. The van der Waals surface area contributed by atoms with E-state index in [1.165, 1.54) is 11.1 Å². The number of benzene rings is 1. The molecule has 1 aromatic heterocycles. The van der Waals surface area contributed by atoms with E-state index in [4.69, 9.17) is 0 Å². The Morgan fingerprint density at radius 3 is 2.95 bits per heavy atom. The lowest BCUT2D eigenvalue weighted by Crippen LogP contribution is -2.38. The summed E-state index contributed by atoms with van der Waals surface area (Å²) in [6.45, 7) is 1.58. The van der Waals surface area contributed by atoms with E-state index in [9.17, 15) is 4.79 Å². The number of amides is 1. The summed E-state index contributed by atoms with van der Waals surface area (Å²) < 4.78 is 1.79. The first-order valence-electron chi connectivity index (χ1n) is 6.59. The van der Waals surface area contributed by atoms with Gasteiger partial charge in [-0.2, -0.15) is 5.10 Å². The molecular weight excluding hydrogens is 238 g/mol. The number of nitrogens with zero attached hydrogens (tertiary/aromatic N) is 3. The molecule has 1 aromatic carbocycles. The van der Waals surface area contributed by atoms with Crippen LogP contribution in [0.1, 0.15) is 21.5 Å². The van der Waals surface area contributed by atoms with E-state index in [1.54, 1.807) is 4.68 Å². The Morgan fingerprint density at radius 2 is 2.16 bits per heavy atom. The third-order valence-corrected chi connectivity index (χ3v) is 3.61. The van der Waals surface area contributed by atoms with Crippen molar-refractivity contribution in [1.82, 2.24) is 14.7 Å². The van der Waals surface area contributed by atoms with Crippen LogP contribution >= 0.6 is 0 Å². The van der Waals surface area contributed by atoms with Gasteiger partial charge in [0.05, 0.1) is 6.20 Å². The Hall–Kier alpha value is -2.10. The summed E-state index contributed by atoms with van der Waals surface area (Å²) in [7, 11) is 1.91. The number of aryl methyl sites for hydroxylation is 1. The highest BCUT2D eigenvalue weighted by atomic mass is 16.2. The molecule has 0 saturated carbocycles. The lowest BCUT2D eigenvalue weighted by Gasteiger charge is -2.28. The van der Waals surface area contributed by atoms with Gasteiger partial charge in [0, 0.05) is 31.9 Å². The number of rotatable bonds is 3. The van der Waals surface area contributed by atoms with Crippen LogP contribution in [0, 0.1) is 0 Å². The predicted molar refractivity (Wildman–Crippen MR) is 73.0 cm³/mol. The molecule has 0 atom stereocenters. The molecule has 2 heterocycles. The standard InChI is InChI=1S/C15H17N3O/c1-17-11-12(10-16-17)6-8-18-9-7-13-4-2-3-5-14(13)15(18)19/h2-5,10-11H,6-9H2,1H3. The molecule has 0 aliphatic carbocycles. The second-order valence-electron chi connectivity index (χ2n) is 4.97. The molecule has 98 valence electrons. The molecule has 4 heteroatoms. The van der Waals surface area contributed by atoms with E-state index in [-0.39, 0.29) is 5.91 Å². The molecule has 1 aliphatic heterocycles. The fraction of sp³-hybridized carbons (Fsp3) is 0.333. The predicted octanol–water partition coefficient (Wildman–Crippen LogP) is 1.66. The quantitative estimate of drug-likeness (QED) is 0.836. The smallest absolute Gasteiger partial charge is 0.254 e. The van der Waals surface area contributed by atoms with Gasteiger partial charge in [0.15, 0.2) is 0 Å².